The van der Waals surface area contributed by atoms with E-state index in [9.17, 15) is 9.59 Å². The highest BCUT2D eigenvalue weighted by Gasteiger charge is 2.09. The van der Waals surface area contributed by atoms with Crippen molar-refractivity contribution in [3.05, 3.63) is 25.3 Å². The predicted octanol–water partition coefficient (Wildman–Crippen LogP) is 1.88. The van der Waals surface area contributed by atoms with Gasteiger partial charge in [0.05, 0.1) is 0 Å². The molecular formula is C12H19NO3. The minimum absolute atomic E-state index is 0.0207. The third-order valence-electron chi connectivity index (χ3n) is 2.06. The van der Waals surface area contributed by atoms with Gasteiger partial charge in [0.2, 0.25) is 5.91 Å². The molecule has 0 spiro atoms. The standard InChI is InChI=1S/C12H19NO3/c1-3-6-10(7-4-2)13-11(14)8-5-9-12(15)16/h3-4,10H,1-2,5-9H2,(H,13,14)(H,15,16). The summed E-state index contributed by atoms with van der Waals surface area (Å²) in [5, 5.41) is 11.2. The molecule has 1 amide bonds. The molecule has 0 atom stereocenters. The Labute approximate surface area is 96.0 Å². The molecule has 4 nitrogen and oxygen atoms in total. The largest absolute Gasteiger partial charge is 0.481 e. The van der Waals surface area contributed by atoms with Crippen LogP contribution >= 0.6 is 0 Å². The van der Waals surface area contributed by atoms with Gasteiger partial charge in [-0.2, -0.15) is 0 Å². The van der Waals surface area contributed by atoms with E-state index in [1.807, 2.05) is 0 Å². The Morgan fingerprint density at radius 2 is 1.75 bits per heavy atom. The van der Waals surface area contributed by atoms with Gasteiger partial charge in [0.15, 0.2) is 0 Å². The fourth-order valence-corrected chi connectivity index (χ4v) is 1.32. The summed E-state index contributed by atoms with van der Waals surface area (Å²) in [6.45, 7) is 7.22. The molecule has 0 aliphatic carbocycles. The molecule has 0 saturated heterocycles. The maximum atomic E-state index is 11.4. The number of amides is 1. The minimum atomic E-state index is -0.874. The van der Waals surface area contributed by atoms with Crippen LogP contribution in [0.3, 0.4) is 0 Å². The van der Waals surface area contributed by atoms with Crippen LogP contribution in [0.5, 0.6) is 0 Å². The summed E-state index contributed by atoms with van der Waals surface area (Å²) in [5.74, 6) is -0.989. The predicted molar refractivity (Wildman–Crippen MR) is 63.0 cm³/mol. The van der Waals surface area contributed by atoms with Crippen molar-refractivity contribution in [3.8, 4) is 0 Å². The SMILES string of the molecule is C=CCC(CC=C)NC(=O)CCCC(=O)O. The lowest BCUT2D eigenvalue weighted by atomic mass is 10.1. The Hall–Kier alpha value is -1.58. The van der Waals surface area contributed by atoms with Gasteiger partial charge in [0.1, 0.15) is 0 Å². The van der Waals surface area contributed by atoms with Crippen LogP contribution < -0.4 is 5.32 Å². The molecule has 0 unspecified atom stereocenters. The van der Waals surface area contributed by atoms with Crippen LogP contribution in [0.15, 0.2) is 25.3 Å². The number of carbonyl (C=O) groups excluding carboxylic acids is 1. The summed E-state index contributed by atoms with van der Waals surface area (Å²) in [6.07, 6.45) is 5.51. The van der Waals surface area contributed by atoms with Crippen molar-refractivity contribution in [2.24, 2.45) is 0 Å². The van der Waals surface area contributed by atoms with E-state index in [-0.39, 0.29) is 24.8 Å². The Balaban J connectivity index is 3.84. The number of aliphatic carboxylic acids is 1. The smallest absolute Gasteiger partial charge is 0.303 e. The Morgan fingerprint density at radius 3 is 2.19 bits per heavy atom. The van der Waals surface area contributed by atoms with Crippen molar-refractivity contribution >= 4 is 11.9 Å². The van der Waals surface area contributed by atoms with Gasteiger partial charge in [0.25, 0.3) is 0 Å². The number of hydrogen-bond donors (Lipinski definition) is 2. The van der Waals surface area contributed by atoms with Crippen molar-refractivity contribution < 1.29 is 14.7 Å². The zero-order valence-corrected chi connectivity index (χ0v) is 9.45. The molecule has 0 aromatic heterocycles. The summed E-state index contributed by atoms with van der Waals surface area (Å²) in [4.78, 5) is 21.7. The first kappa shape index (κ1) is 14.4. The molecule has 90 valence electrons. The normalized spacial score (nSPS) is 9.81. The second kappa shape index (κ2) is 8.71. The van der Waals surface area contributed by atoms with Crippen LogP contribution in [0.2, 0.25) is 0 Å². The van der Waals surface area contributed by atoms with E-state index in [1.165, 1.54) is 0 Å². The highest BCUT2D eigenvalue weighted by atomic mass is 16.4. The first-order valence-electron chi connectivity index (χ1n) is 5.33. The van der Waals surface area contributed by atoms with Gasteiger partial charge in [-0.15, -0.1) is 13.2 Å². The van der Waals surface area contributed by atoms with E-state index >= 15 is 0 Å². The number of hydrogen-bond acceptors (Lipinski definition) is 2. The summed E-state index contributed by atoms with van der Waals surface area (Å²) in [7, 11) is 0. The molecule has 0 saturated carbocycles. The van der Waals surface area contributed by atoms with E-state index in [0.29, 0.717) is 19.3 Å². The topological polar surface area (TPSA) is 66.4 Å². The van der Waals surface area contributed by atoms with Crippen LogP contribution in [-0.2, 0) is 9.59 Å². The van der Waals surface area contributed by atoms with E-state index < -0.39 is 5.97 Å². The second-order valence-corrected chi connectivity index (χ2v) is 3.56. The summed E-state index contributed by atoms with van der Waals surface area (Å²) >= 11 is 0. The highest BCUT2D eigenvalue weighted by Crippen LogP contribution is 2.02. The van der Waals surface area contributed by atoms with E-state index in [1.54, 1.807) is 12.2 Å². The van der Waals surface area contributed by atoms with E-state index in [0.717, 1.165) is 0 Å². The summed E-state index contributed by atoms with van der Waals surface area (Å²) in [5.41, 5.74) is 0. The lowest BCUT2D eigenvalue weighted by Crippen LogP contribution is -2.34. The quantitative estimate of drug-likeness (QED) is 0.589. The van der Waals surface area contributed by atoms with E-state index in [2.05, 4.69) is 18.5 Å². The molecule has 0 radical (unpaired) electrons. The highest BCUT2D eigenvalue weighted by molar-refractivity contribution is 5.77. The average molecular weight is 225 g/mol. The van der Waals surface area contributed by atoms with Crippen LogP contribution in [0, 0.1) is 0 Å². The lowest BCUT2D eigenvalue weighted by molar-refractivity contribution is -0.137. The van der Waals surface area contributed by atoms with Gasteiger partial charge in [-0.05, 0) is 19.3 Å². The maximum absolute atomic E-state index is 11.4. The number of nitrogens with one attached hydrogen (secondary N) is 1. The minimum Gasteiger partial charge on any atom is -0.481 e. The molecule has 0 aromatic carbocycles. The number of rotatable bonds is 9. The van der Waals surface area contributed by atoms with Gasteiger partial charge in [-0.25, -0.2) is 0 Å². The Morgan fingerprint density at radius 1 is 1.19 bits per heavy atom. The molecule has 0 bridgehead atoms. The second-order valence-electron chi connectivity index (χ2n) is 3.56. The van der Waals surface area contributed by atoms with Crippen LogP contribution in [0.4, 0.5) is 0 Å². The van der Waals surface area contributed by atoms with E-state index in [4.69, 9.17) is 5.11 Å². The summed E-state index contributed by atoms with van der Waals surface area (Å²) < 4.78 is 0. The molecule has 0 heterocycles. The molecule has 0 rings (SSSR count). The average Bonchev–Trinajstić information content (AvgIpc) is 2.17. The van der Waals surface area contributed by atoms with Crippen LogP contribution in [0.1, 0.15) is 32.1 Å². The molecule has 0 fully saturated rings. The zero-order chi connectivity index (χ0) is 12.4. The van der Waals surface area contributed by atoms with Crippen molar-refractivity contribution in [2.75, 3.05) is 0 Å². The van der Waals surface area contributed by atoms with Gasteiger partial charge >= 0.3 is 5.97 Å². The number of carboxylic acid groups (broad SMARTS) is 1. The molecule has 16 heavy (non-hydrogen) atoms. The summed E-state index contributed by atoms with van der Waals surface area (Å²) in [6, 6.07) is 0.0207. The van der Waals surface area contributed by atoms with Crippen LogP contribution in [0.25, 0.3) is 0 Å². The van der Waals surface area contributed by atoms with Crippen molar-refractivity contribution in [1.82, 2.24) is 5.32 Å². The maximum Gasteiger partial charge on any atom is 0.303 e. The van der Waals surface area contributed by atoms with Gasteiger partial charge in [-0.3, -0.25) is 9.59 Å². The molecule has 0 aliphatic rings. The molecule has 0 aromatic rings. The Kier molecular flexibility index (Phi) is 7.85. The fourth-order valence-electron chi connectivity index (χ4n) is 1.32. The van der Waals surface area contributed by atoms with Gasteiger partial charge in [-0.1, -0.05) is 12.2 Å². The third kappa shape index (κ3) is 7.79. The van der Waals surface area contributed by atoms with Gasteiger partial charge < -0.3 is 10.4 Å². The third-order valence-corrected chi connectivity index (χ3v) is 2.06. The molecular weight excluding hydrogens is 206 g/mol. The number of carboxylic acids is 1. The zero-order valence-electron chi connectivity index (χ0n) is 9.45. The first-order chi connectivity index (χ1) is 7.60. The first-order valence-corrected chi connectivity index (χ1v) is 5.33. The lowest BCUT2D eigenvalue weighted by Gasteiger charge is -2.14. The Bertz CT molecular complexity index is 251. The van der Waals surface area contributed by atoms with Crippen molar-refractivity contribution in [1.29, 1.82) is 0 Å². The van der Waals surface area contributed by atoms with Crippen LogP contribution in [-0.4, -0.2) is 23.0 Å². The van der Waals surface area contributed by atoms with Gasteiger partial charge in [0, 0.05) is 18.9 Å². The fraction of sp³-hybridized carbons (Fsp3) is 0.500. The molecule has 2 N–H and O–H groups in total. The monoisotopic (exact) mass is 225 g/mol. The van der Waals surface area contributed by atoms with Crippen molar-refractivity contribution in [2.45, 2.75) is 38.1 Å². The molecule has 4 heteroatoms. The molecule has 0 aliphatic heterocycles. The van der Waals surface area contributed by atoms with Crippen molar-refractivity contribution in [3.63, 3.8) is 0 Å². The number of carbonyl (C=O) groups is 2.